The van der Waals surface area contributed by atoms with E-state index >= 15 is 0 Å². The van der Waals surface area contributed by atoms with Crippen LogP contribution in [0, 0.1) is 0 Å². The molecular formula is C12H33PSi3. The van der Waals surface area contributed by atoms with Gasteiger partial charge < -0.3 is 0 Å². The van der Waals surface area contributed by atoms with Crippen LogP contribution in [0.4, 0.5) is 0 Å². The summed E-state index contributed by atoms with van der Waals surface area (Å²) in [4.78, 5) is 0. The monoisotopic (exact) mass is 292 g/mol. The first kappa shape index (κ1) is 17.1. The van der Waals surface area contributed by atoms with Gasteiger partial charge in [0.15, 0.2) is 0 Å². The zero-order chi connectivity index (χ0) is 13.2. The van der Waals surface area contributed by atoms with Crippen molar-refractivity contribution in [2.24, 2.45) is 0 Å². The topological polar surface area (TPSA) is 0 Å². The van der Waals surface area contributed by atoms with E-state index in [1.165, 1.54) is 0 Å². The van der Waals surface area contributed by atoms with Crippen molar-refractivity contribution in [1.29, 1.82) is 0 Å². The Morgan fingerprint density at radius 2 is 0.688 bits per heavy atom. The standard InChI is InChI=1S/C12H33PSi3/c1-10(2,3)14-13(15-11(4,5)6)16-12(7,8)9/h14-16H2,1-9H3. The molecule has 0 saturated carbocycles. The van der Waals surface area contributed by atoms with Gasteiger partial charge in [0.05, 0.1) is 0 Å². The zero-order valence-electron chi connectivity index (χ0n) is 13.1. The molecular weight excluding hydrogens is 259 g/mol. The summed E-state index contributed by atoms with van der Waals surface area (Å²) in [5.41, 5.74) is 0. The van der Waals surface area contributed by atoms with E-state index in [1.54, 1.807) is 0 Å². The first-order valence-electron chi connectivity index (χ1n) is 6.51. The van der Waals surface area contributed by atoms with Crippen LogP contribution in [-0.2, 0) is 0 Å². The van der Waals surface area contributed by atoms with Gasteiger partial charge in [-0.2, -0.15) is 6.57 Å². The summed E-state index contributed by atoms with van der Waals surface area (Å²) in [7, 11) is 0.577. The smallest absolute Gasteiger partial charge is 0.0445 e. The second kappa shape index (κ2) is 5.81. The van der Waals surface area contributed by atoms with E-state index in [9.17, 15) is 0 Å². The lowest BCUT2D eigenvalue weighted by atomic mass is 10.3. The van der Waals surface area contributed by atoms with Gasteiger partial charge in [-0.1, -0.05) is 62.3 Å². The SMILES string of the molecule is CC(C)(C)[SiH2]P([SiH2]C(C)(C)C)[SiH2]C(C)(C)C. The molecule has 98 valence electrons. The molecule has 0 bridgehead atoms. The lowest BCUT2D eigenvalue weighted by Gasteiger charge is -2.34. The van der Waals surface area contributed by atoms with Gasteiger partial charge in [-0.25, -0.2) is 0 Å². The maximum Gasteiger partial charge on any atom is 0.0445 e. The molecule has 0 unspecified atom stereocenters. The van der Waals surface area contributed by atoms with Gasteiger partial charge in [0, 0.05) is 27.6 Å². The van der Waals surface area contributed by atoms with Crippen molar-refractivity contribution in [3.8, 4) is 0 Å². The highest BCUT2D eigenvalue weighted by molar-refractivity contribution is 8.24. The maximum atomic E-state index is 2.49. The van der Waals surface area contributed by atoms with Crippen molar-refractivity contribution in [2.45, 2.75) is 77.4 Å². The summed E-state index contributed by atoms with van der Waals surface area (Å²) in [6.45, 7) is 23.0. The molecule has 4 heteroatoms. The third-order valence-corrected chi connectivity index (χ3v) is 30.9. The first-order chi connectivity index (χ1) is 6.79. The van der Waals surface area contributed by atoms with Crippen molar-refractivity contribution in [3.63, 3.8) is 0 Å². The third-order valence-electron chi connectivity index (χ3n) is 2.09. The number of rotatable bonds is 3. The van der Waals surface area contributed by atoms with E-state index in [0.717, 1.165) is 0 Å². The maximum absolute atomic E-state index is 2.49. The minimum atomic E-state index is 0.192. The molecule has 0 aromatic carbocycles. The Labute approximate surface area is 112 Å². The van der Waals surface area contributed by atoms with E-state index < -0.39 is 0 Å². The summed E-state index contributed by atoms with van der Waals surface area (Å²) in [6.07, 6.45) is 0. The molecule has 0 heterocycles. The highest BCUT2D eigenvalue weighted by Gasteiger charge is 2.27. The molecule has 0 amide bonds. The third kappa shape index (κ3) is 11.6. The molecule has 0 spiro atoms. The Kier molecular flexibility index (Phi) is 6.21. The normalized spacial score (nSPS) is 18.6. The van der Waals surface area contributed by atoms with E-state index in [-0.39, 0.29) is 27.6 Å². The molecule has 0 nitrogen and oxygen atoms in total. The molecule has 0 aromatic heterocycles. The summed E-state index contributed by atoms with van der Waals surface area (Å²) >= 11 is 0. The molecule has 0 saturated heterocycles. The van der Waals surface area contributed by atoms with Gasteiger partial charge in [0.25, 0.3) is 0 Å². The predicted octanol–water partition coefficient (Wildman–Crippen LogP) is 3.37. The van der Waals surface area contributed by atoms with Crippen LogP contribution in [0.3, 0.4) is 0 Å². The lowest BCUT2D eigenvalue weighted by Crippen LogP contribution is -2.21. The van der Waals surface area contributed by atoms with Gasteiger partial charge in [0.2, 0.25) is 0 Å². The summed E-state index contributed by atoms with van der Waals surface area (Å²) in [5.74, 6) is 0. The first-order valence-corrected chi connectivity index (χ1v) is 16.2. The fraction of sp³-hybridized carbons (Fsp3) is 1.00. The average molecular weight is 293 g/mol. The van der Waals surface area contributed by atoms with E-state index in [2.05, 4.69) is 62.3 Å². The van der Waals surface area contributed by atoms with Crippen LogP contribution in [0.5, 0.6) is 0 Å². The highest BCUT2D eigenvalue weighted by atomic mass is 31.8. The summed E-state index contributed by atoms with van der Waals surface area (Å²) < 4.78 is 0. The van der Waals surface area contributed by atoms with Crippen molar-refractivity contribution >= 4 is 34.1 Å². The van der Waals surface area contributed by atoms with Crippen molar-refractivity contribution in [1.82, 2.24) is 0 Å². The molecule has 0 N–H and O–H groups in total. The van der Waals surface area contributed by atoms with Crippen LogP contribution in [0.15, 0.2) is 0 Å². The second-order valence-corrected chi connectivity index (χ2v) is 36.4. The van der Waals surface area contributed by atoms with Crippen LogP contribution in [0.2, 0.25) is 15.1 Å². The van der Waals surface area contributed by atoms with Gasteiger partial charge >= 0.3 is 0 Å². The minimum absolute atomic E-state index is 0.192. The fourth-order valence-corrected chi connectivity index (χ4v) is 58.9. The van der Waals surface area contributed by atoms with Crippen molar-refractivity contribution < 1.29 is 0 Å². The van der Waals surface area contributed by atoms with Crippen molar-refractivity contribution in [2.75, 3.05) is 0 Å². The zero-order valence-corrected chi connectivity index (χ0v) is 18.2. The van der Waals surface area contributed by atoms with Gasteiger partial charge in [0.1, 0.15) is 0 Å². The lowest BCUT2D eigenvalue weighted by molar-refractivity contribution is 0.757. The van der Waals surface area contributed by atoms with Gasteiger partial charge in [-0.3, -0.25) is 0 Å². The van der Waals surface area contributed by atoms with E-state index in [0.29, 0.717) is 21.7 Å². The Morgan fingerprint density at radius 3 is 0.812 bits per heavy atom. The van der Waals surface area contributed by atoms with E-state index in [1.807, 2.05) is 0 Å². The fourth-order valence-electron chi connectivity index (χ4n) is 2.18. The Hall–Kier alpha value is 1.08. The molecule has 0 radical (unpaired) electrons. The highest BCUT2D eigenvalue weighted by Crippen LogP contribution is 2.49. The van der Waals surface area contributed by atoms with Gasteiger partial charge in [-0.15, -0.1) is 0 Å². The largest absolute Gasteiger partial charge is 0.157 e. The average Bonchev–Trinajstić information content (AvgIpc) is 1.70. The predicted molar refractivity (Wildman–Crippen MR) is 91.7 cm³/mol. The second-order valence-electron chi connectivity index (χ2n) is 8.83. The Balaban J connectivity index is 4.53. The van der Waals surface area contributed by atoms with E-state index in [4.69, 9.17) is 0 Å². The quantitative estimate of drug-likeness (QED) is 0.553. The number of hydrogen-bond acceptors (Lipinski definition) is 0. The number of hydrogen-bond donors (Lipinski definition) is 0. The van der Waals surface area contributed by atoms with Crippen LogP contribution < -0.4 is 0 Å². The molecule has 0 aromatic rings. The van der Waals surface area contributed by atoms with Crippen LogP contribution in [-0.4, -0.2) is 27.6 Å². The minimum Gasteiger partial charge on any atom is -0.157 e. The molecule has 0 fully saturated rings. The van der Waals surface area contributed by atoms with Crippen molar-refractivity contribution in [3.05, 3.63) is 0 Å². The molecule has 0 atom stereocenters. The summed E-state index contributed by atoms with van der Waals surface area (Å²) in [5, 5.41) is 2.09. The van der Waals surface area contributed by atoms with Crippen LogP contribution >= 0.6 is 6.57 Å². The molecule has 0 aliphatic heterocycles. The van der Waals surface area contributed by atoms with Crippen LogP contribution in [0.25, 0.3) is 0 Å². The Morgan fingerprint density at radius 1 is 0.500 bits per heavy atom. The van der Waals surface area contributed by atoms with Crippen LogP contribution in [0.1, 0.15) is 62.3 Å². The molecule has 0 aliphatic carbocycles. The summed E-state index contributed by atoms with van der Waals surface area (Å²) in [6, 6.07) is 0. The molecule has 16 heavy (non-hydrogen) atoms. The van der Waals surface area contributed by atoms with Gasteiger partial charge in [-0.05, 0) is 15.1 Å². The Bertz CT molecular complexity index is 170. The molecule has 0 aliphatic rings. The molecule has 0 rings (SSSR count).